The number of nitrogens with zero attached hydrogens (tertiary/aromatic N) is 3. The first kappa shape index (κ1) is 19.3. The Morgan fingerprint density at radius 1 is 0.900 bits per heavy atom. The zero-order valence-corrected chi connectivity index (χ0v) is 16.9. The minimum atomic E-state index is -0.317. The van der Waals surface area contributed by atoms with Crippen molar-refractivity contribution in [3.63, 3.8) is 0 Å². The summed E-state index contributed by atoms with van der Waals surface area (Å²) in [7, 11) is 0. The molecule has 0 spiro atoms. The Balaban J connectivity index is 1.71. The molecule has 2 N–H and O–H groups in total. The van der Waals surface area contributed by atoms with E-state index in [0.29, 0.717) is 23.2 Å². The first-order valence-electron chi connectivity index (χ1n) is 9.51. The molecule has 150 valence electrons. The summed E-state index contributed by atoms with van der Waals surface area (Å²) in [5.41, 5.74) is 3.84. The fraction of sp³-hybridized carbons (Fsp3) is 0.130. The molecule has 7 heteroatoms. The third-order valence-electron chi connectivity index (χ3n) is 4.52. The van der Waals surface area contributed by atoms with Crippen LogP contribution in [0.3, 0.4) is 0 Å². The Labute approximate surface area is 174 Å². The summed E-state index contributed by atoms with van der Waals surface area (Å²) < 4.78 is 5.10. The van der Waals surface area contributed by atoms with Crippen molar-refractivity contribution in [1.29, 1.82) is 0 Å². The predicted molar refractivity (Wildman–Crippen MR) is 116 cm³/mol. The molecule has 4 aromatic rings. The van der Waals surface area contributed by atoms with Gasteiger partial charge in [-0.2, -0.15) is 0 Å². The van der Waals surface area contributed by atoms with Gasteiger partial charge < -0.3 is 15.2 Å². The fourth-order valence-corrected chi connectivity index (χ4v) is 2.96. The summed E-state index contributed by atoms with van der Waals surface area (Å²) in [4.78, 5) is 22.0. The van der Waals surface area contributed by atoms with Crippen molar-refractivity contribution in [3.05, 3.63) is 83.2 Å². The van der Waals surface area contributed by atoms with Crippen molar-refractivity contribution in [3.8, 4) is 11.4 Å². The number of benzene rings is 2. The Kier molecular flexibility index (Phi) is 5.26. The van der Waals surface area contributed by atoms with Crippen LogP contribution in [0.25, 0.3) is 11.4 Å². The van der Waals surface area contributed by atoms with Crippen molar-refractivity contribution < 1.29 is 9.32 Å². The lowest BCUT2D eigenvalue weighted by atomic mass is 10.1. The van der Waals surface area contributed by atoms with E-state index < -0.39 is 0 Å². The number of carbonyl (C=O) groups excluding carboxylic acids is 1. The van der Waals surface area contributed by atoms with Crippen molar-refractivity contribution >= 4 is 23.2 Å². The molecule has 1 amide bonds. The minimum Gasteiger partial charge on any atom is -0.360 e. The summed E-state index contributed by atoms with van der Waals surface area (Å²) in [5, 5.41) is 9.96. The summed E-state index contributed by atoms with van der Waals surface area (Å²) in [6, 6.07) is 18.8. The Bertz CT molecular complexity index is 1200. The van der Waals surface area contributed by atoms with Gasteiger partial charge in [0.05, 0.1) is 0 Å². The van der Waals surface area contributed by atoms with Gasteiger partial charge in [-0.15, -0.1) is 0 Å². The first-order chi connectivity index (χ1) is 14.5. The van der Waals surface area contributed by atoms with E-state index in [1.54, 1.807) is 19.1 Å². The van der Waals surface area contributed by atoms with E-state index in [4.69, 9.17) is 4.52 Å². The number of rotatable bonds is 5. The molecule has 0 radical (unpaired) electrons. The van der Waals surface area contributed by atoms with Crippen molar-refractivity contribution in [2.24, 2.45) is 0 Å². The third kappa shape index (κ3) is 4.35. The molecule has 0 atom stereocenters. The maximum absolute atomic E-state index is 13.0. The molecule has 0 aliphatic rings. The Hall–Kier alpha value is -4.00. The van der Waals surface area contributed by atoms with Crippen LogP contribution in [0.2, 0.25) is 0 Å². The highest BCUT2D eigenvalue weighted by Gasteiger charge is 2.15. The second-order valence-corrected chi connectivity index (χ2v) is 7.05. The fourth-order valence-electron chi connectivity index (χ4n) is 2.96. The number of anilines is 3. The SMILES string of the molecule is Cc1ccc(C)c(NC(=O)c2cc(Nc3cc(C)on3)nc(-c3ccccc3)n2)c1. The molecule has 4 rings (SSSR count). The van der Waals surface area contributed by atoms with Gasteiger partial charge in [0.1, 0.15) is 17.3 Å². The van der Waals surface area contributed by atoms with Gasteiger partial charge in [-0.05, 0) is 38.0 Å². The van der Waals surface area contributed by atoms with Crippen molar-refractivity contribution in [1.82, 2.24) is 15.1 Å². The van der Waals surface area contributed by atoms with Gasteiger partial charge in [0.15, 0.2) is 11.6 Å². The number of amides is 1. The molecule has 2 aromatic carbocycles. The van der Waals surface area contributed by atoms with Crippen molar-refractivity contribution in [2.75, 3.05) is 10.6 Å². The van der Waals surface area contributed by atoms with Gasteiger partial charge in [-0.3, -0.25) is 4.79 Å². The average molecular weight is 399 g/mol. The average Bonchev–Trinajstić information content (AvgIpc) is 3.15. The number of hydrogen-bond donors (Lipinski definition) is 2. The van der Waals surface area contributed by atoms with Crippen molar-refractivity contribution in [2.45, 2.75) is 20.8 Å². The van der Waals surface area contributed by atoms with Gasteiger partial charge in [-0.25, -0.2) is 9.97 Å². The van der Waals surface area contributed by atoms with Gasteiger partial charge in [0, 0.05) is 23.4 Å². The number of aromatic nitrogens is 3. The highest BCUT2D eigenvalue weighted by atomic mass is 16.5. The van der Waals surface area contributed by atoms with E-state index in [2.05, 4.69) is 25.8 Å². The number of hydrogen-bond acceptors (Lipinski definition) is 6. The highest BCUT2D eigenvalue weighted by Crippen LogP contribution is 2.22. The molecule has 0 aliphatic carbocycles. The molecule has 0 saturated carbocycles. The van der Waals surface area contributed by atoms with Crippen LogP contribution in [-0.2, 0) is 0 Å². The smallest absolute Gasteiger partial charge is 0.274 e. The van der Waals surface area contributed by atoms with E-state index in [-0.39, 0.29) is 11.6 Å². The van der Waals surface area contributed by atoms with Crippen LogP contribution in [0.5, 0.6) is 0 Å². The number of carbonyl (C=O) groups is 1. The van der Waals surface area contributed by atoms with Gasteiger partial charge >= 0.3 is 0 Å². The third-order valence-corrected chi connectivity index (χ3v) is 4.52. The lowest BCUT2D eigenvalue weighted by Crippen LogP contribution is -2.16. The molecule has 2 aromatic heterocycles. The molecule has 0 saturated heterocycles. The quantitative estimate of drug-likeness (QED) is 0.488. The largest absolute Gasteiger partial charge is 0.360 e. The van der Waals surface area contributed by atoms with E-state index >= 15 is 0 Å². The molecule has 30 heavy (non-hydrogen) atoms. The summed E-state index contributed by atoms with van der Waals surface area (Å²) in [6.45, 7) is 5.73. The molecule has 7 nitrogen and oxygen atoms in total. The second-order valence-electron chi connectivity index (χ2n) is 7.05. The molecule has 0 aliphatic heterocycles. The molecule has 2 heterocycles. The van der Waals surface area contributed by atoms with Crippen LogP contribution < -0.4 is 10.6 Å². The normalized spacial score (nSPS) is 10.6. The van der Waals surface area contributed by atoms with E-state index in [1.165, 1.54) is 0 Å². The molecule has 0 unspecified atom stereocenters. The molecule has 0 bridgehead atoms. The van der Waals surface area contributed by atoms with Crippen LogP contribution >= 0.6 is 0 Å². The lowest BCUT2D eigenvalue weighted by molar-refractivity contribution is 0.102. The maximum Gasteiger partial charge on any atom is 0.274 e. The van der Waals surface area contributed by atoms with E-state index in [9.17, 15) is 4.79 Å². The van der Waals surface area contributed by atoms with Crippen LogP contribution in [0, 0.1) is 20.8 Å². The van der Waals surface area contributed by atoms with Crippen LogP contribution in [-0.4, -0.2) is 21.0 Å². The predicted octanol–water partition coefficient (Wildman–Crippen LogP) is 5.05. The lowest BCUT2D eigenvalue weighted by Gasteiger charge is -2.11. The standard InChI is InChI=1S/C23H21N5O2/c1-14-9-10-15(2)18(11-14)25-23(29)19-13-20(26-21-12-16(3)30-28-21)27-22(24-19)17-7-5-4-6-8-17/h4-13H,1-3H3,(H,25,29)(H,24,26,27,28). The Morgan fingerprint density at radius 2 is 1.70 bits per heavy atom. The summed E-state index contributed by atoms with van der Waals surface area (Å²) in [5.74, 6) is 1.74. The molecular formula is C23H21N5O2. The van der Waals surface area contributed by atoms with E-state index in [0.717, 1.165) is 22.4 Å². The van der Waals surface area contributed by atoms with Crippen LogP contribution in [0.1, 0.15) is 27.4 Å². The Morgan fingerprint density at radius 3 is 2.43 bits per heavy atom. The number of nitrogens with one attached hydrogen (secondary N) is 2. The minimum absolute atomic E-state index is 0.243. The van der Waals surface area contributed by atoms with Gasteiger partial charge in [0.25, 0.3) is 5.91 Å². The summed E-state index contributed by atoms with van der Waals surface area (Å²) >= 11 is 0. The highest BCUT2D eigenvalue weighted by molar-refractivity contribution is 6.04. The van der Waals surface area contributed by atoms with E-state index in [1.807, 2.05) is 62.4 Å². The monoisotopic (exact) mass is 399 g/mol. The van der Waals surface area contributed by atoms with Gasteiger partial charge in [-0.1, -0.05) is 47.6 Å². The second kappa shape index (κ2) is 8.16. The number of aryl methyl sites for hydroxylation is 3. The van der Waals surface area contributed by atoms with Crippen LogP contribution in [0.15, 0.2) is 65.2 Å². The summed E-state index contributed by atoms with van der Waals surface area (Å²) in [6.07, 6.45) is 0. The topological polar surface area (TPSA) is 92.9 Å². The zero-order valence-electron chi connectivity index (χ0n) is 16.9. The maximum atomic E-state index is 13.0. The zero-order chi connectivity index (χ0) is 21.1. The van der Waals surface area contributed by atoms with Crippen LogP contribution in [0.4, 0.5) is 17.3 Å². The molecule has 0 fully saturated rings. The van der Waals surface area contributed by atoms with Gasteiger partial charge in [0.2, 0.25) is 0 Å². The first-order valence-corrected chi connectivity index (χ1v) is 9.51. The molecular weight excluding hydrogens is 378 g/mol.